The third-order valence-corrected chi connectivity index (χ3v) is 5.68. The van der Waals surface area contributed by atoms with Gasteiger partial charge >= 0.3 is 11.9 Å². The second kappa shape index (κ2) is 13.7. The summed E-state index contributed by atoms with van der Waals surface area (Å²) in [6, 6.07) is 16.7. The highest BCUT2D eigenvalue weighted by molar-refractivity contribution is 5.97. The minimum atomic E-state index is -1.31. The van der Waals surface area contributed by atoms with Gasteiger partial charge in [0.15, 0.2) is 6.04 Å². The molecule has 194 valence electrons. The number of carboxylic acids is 1. The van der Waals surface area contributed by atoms with Crippen LogP contribution in [0.1, 0.15) is 71.3 Å². The monoisotopic (exact) mass is 505 g/mol. The molecule has 0 fully saturated rings. The van der Waals surface area contributed by atoms with Crippen LogP contribution in [0.3, 0.4) is 0 Å². The number of benzene rings is 3. The lowest BCUT2D eigenvalue weighted by molar-refractivity contribution is -0.139. The zero-order valence-corrected chi connectivity index (χ0v) is 20.7. The standard InChI is InChI=1S/C29H31NO7/c1-2-3-4-5-6-19-36-24-15-11-22(12-16-24)29(35)37-25-17-9-20(10-18-25)26(28(33)34)30-27(32)21-7-13-23(31)14-8-21/h7-18,26,31H,2-6,19H2,1H3,(H,30,32)(H,33,34). The molecule has 1 atom stereocenters. The molecule has 0 radical (unpaired) electrons. The fraction of sp³-hybridized carbons (Fsp3) is 0.276. The second-order valence-corrected chi connectivity index (χ2v) is 8.54. The Morgan fingerprint density at radius 1 is 0.784 bits per heavy atom. The quantitative estimate of drug-likeness (QED) is 0.159. The molecule has 0 aliphatic heterocycles. The number of aromatic hydroxyl groups is 1. The number of hydrogen-bond acceptors (Lipinski definition) is 6. The summed E-state index contributed by atoms with van der Waals surface area (Å²) in [5.74, 6) is -1.50. The van der Waals surface area contributed by atoms with Gasteiger partial charge < -0.3 is 25.0 Å². The van der Waals surface area contributed by atoms with E-state index in [1.807, 2.05) is 0 Å². The molecule has 0 saturated carbocycles. The molecular weight excluding hydrogens is 474 g/mol. The smallest absolute Gasteiger partial charge is 0.343 e. The Hall–Kier alpha value is -4.33. The third-order valence-electron chi connectivity index (χ3n) is 5.68. The molecule has 8 nitrogen and oxygen atoms in total. The SMILES string of the molecule is CCCCCCCOc1ccc(C(=O)Oc2ccc(C(NC(=O)c3ccc(O)cc3)C(=O)O)cc2)cc1. The highest BCUT2D eigenvalue weighted by Gasteiger charge is 2.23. The fourth-order valence-corrected chi connectivity index (χ4v) is 3.59. The molecule has 3 aromatic rings. The number of aliphatic carboxylic acids is 1. The topological polar surface area (TPSA) is 122 Å². The zero-order valence-electron chi connectivity index (χ0n) is 20.7. The van der Waals surface area contributed by atoms with Crippen molar-refractivity contribution in [3.8, 4) is 17.2 Å². The number of rotatable bonds is 13. The van der Waals surface area contributed by atoms with Gasteiger partial charge in [0.2, 0.25) is 0 Å². The van der Waals surface area contributed by atoms with Crippen molar-refractivity contribution in [1.29, 1.82) is 0 Å². The number of nitrogens with one attached hydrogen (secondary N) is 1. The minimum absolute atomic E-state index is 0.00564. The van der Waals surface area contributed by atoms with Gasteiger partial charge in [-0.1, -0.05) is 44.7 Å². The Morgan fingerprint density at radius 2 is 1.38 bits per heavy atom. The molecule has 0 aliphatic carbocycles. The summed E-state index contributed by atoms with van der Waals surface area (Å²) in [7, 11) is 0. The molecule has 1 amide bonds. The predicted octanol–water partition coefficient (Wildman–Crippen LogP) is 5.52. The Morgan fingerprint density at radius 3 is 2.00 bits per heavy atom. The van der Waals surface area contributed by atoms with E-state index >= 15 is 0 Å². The molecule has 0 aliphatic rings. The van der Waals surface area contributed by atoms with Crippen molar-refractivity contribution in [2.24, 2.45) is 0 Å². The summed E-state index contributed by atoms with van der Waals surface area (Å²) < 4.78 is 11.1. The van der Waals surface area contributed by atoms with Gasteiger partial charge in [0.25, 0.3) is 5.91 Å². The number of ether oxygens (including phenoxy) is 2. The first-order valence-electron chi connectivity index (χ1n) is 12.2. The third kappa shape index (κ3) is 8.38. The molecule has 3 aromatic carbocycles. The summed E-state index contributed by atoms with van der Waals surface area (Å²) in [5, 5.41) is 21.4. The second-order valence-electron chi connectivity index (χ2n) is 8.54. The number of phenols is 1. The van der Waals surface area contributed by atoms with Gasteiger partial charge in [-0.2, -0.15) is 0 Å². The Kier molecular flexibility index (Phi) is 10.1. The Labute approximate surface area is 215 Å². The van der Waals surface area contributed by atoms with Gasteiger partial charge in [-0.15, -0.1) is 0 Å². The van der Waals surface area contributed by atoms with Gasteiger partial charge in [-0.3, -0.25) is 4.79 Å². The van der Waals surface area contributed by atoms with Crippen LogP contribution in [0.5, 0.6) is 17.2 Å². The van der Waals surface area contributed by atoms with Crippen LogP contribution in [0.4, 0.5) is 0 Å². The van der Waals surface area contributed by atoms with Crippen LogP contribution < -0.4 is 14.8 Å². The van der Waals surface area contributed by atoms with E-state index in [1.165, 1.54) is 67.8 Å². The largest absolute Gasteiger partial charge is 0.508 e. The highest BCUT2D eigenvalue weighted by atomic mass is 16.5. The molecule has 0 aromatic heterocycles. The van der Waals surface area contributed by atoms with E-state index in [9.17, 15) is 24.6 Å². The van der Waals surface area contributed by atoms with Crippen LogP contribution in [0, 0.1) is 0 Å². The lowest BCUT2D eigenvalue weighted by Crippen LogP contribution is -2.33. The van der Waals surface area contributed by atoms with E-state index in [0.717, 1.165) is 12.8 Å². The van der Waals surface area contributed by atoms with E-state index in [2.05, 4.69) is 12.2 Å². The van der Waals surface area contributed by atoms with Crippen LogP contribution >= 0.6 is 0 Å². The number of esters is 1. The maximum Gasteiger partial charge on any atom is 0.343 e. The molecule has 0 saturated heterocycles. The molecule has 1 unspecified atom stereocenters. The zero-order chi connectivity index (χ0) is 26.6. The average molecular weight is 506 g/mol. The molecule has 0 heterocycles. The van der Waals surface area contributed by atoms with Crippen LogP contribution in [0.2, 0.25) is 0 Å². The molecule has 0 bridgehead atoms. The number of unbranched alkanes of at least 4 members (excludes halogenated alkanes) is 4. The Balaban J connectivity index is 1.55. The number of hydrogen-bond donors (Lipinski definition) is 3. The average Bonchev–Trinajstić information content (AvgIpc) is 2.90. The van der Waals surface area contributed by atoms with Crippen molar-refractivity contribution in [3.63, 3.8) is 0 Å². The summed E-state index contributed by atoms with van der Waals surface area (Å²) in [6.07, 6.45) is 5.76. The van der Waals surface area contributed by atoms with Crippen molar-refractivity contribution >= 4 is 17.8 Å². The first kappa shape index (κ1) is 27.3. The minimum Gasteiger partial charge on any atom is -0.508 e. The van der Waals surface area contributed by atoms with Crippen molar-refractivity contribution < 1.29 is 34.1 Å². The number of carboxylic acid groups (broad SMARTS) is 1. The van der Waals surface area contributed by atoms with Crippen LogP contribution in [-0.2, 0) is 4.79 Å². The maximum absolute atomic E-state index is 12.5. The van der Waals surface area contributed by atoms with Crippen molar-refractivity contribution in [2.75, 3.05) is 6.61 Å². The van der Waals surface area contributed by atoms with Crippen molar-refractivity contribution in [1.82, 2.24) is 5.32 Å². The number of phenolic OH excluding ortho intramolecular Hbond substituents is 1. The van der Waals surface area contributed by atoms with Gasteiger partial charge in [0.1, 0.15) is 17.2 Å². The number of amides is 1. The van der Waals surface area contributed by atoms with Gasteiger partial charge in [-0.25, -0.2) is 9.59 Å². The molecule has 3 rings (SSSR count). The molecule has 8 heteroatoms. The number of carbonyl (C=O) groups is 3. The van der Waals surface area contributed by atoms with E-state index in [0.29, 0.717) is 23.5 Å². The first-order chi connectivity index (χ1) is 17.9. The summed E-state index contributed by atoms with van der Waals surface area (Å²) in [5.41, 5.74) is 0.859. The van der Waals surface area contributed by atoms with Gasteiger partial charge in [0, 0.05) is 5.56 Å². The fourth-order valence-electron chi connectivity index (χ4n) is 3.59. The lowest BCUT2D eigenvalue weighted by Gasteiger charge is -2.15. The molecule has 0 spiro atoms. The summed E-state index contributed by atoms with van der Waals surface area (Å²) >= 11 is 0. The molecule has 37 heavy (non-hydrogen) atoms. The summed E-state index contributed by atoms with van der Waals surface area (Å²) in [6.45, 7) is 2.81. The lowest BCUT2D eigenvalue weighted by atomic mass is 10.1. The molecule has 3 N–H and O–H groups in total. The van der Waals surface area contributed by atoms with E-state index in [-0.39, 0.29) is 17.1 Å². The van der Waals surface area contributed by atoms with Crippen molar-refractivity contribution in [3.05, 3.63) is 89.5 Å². The van der Waals surface area contributed by atoms with Crippen LogP contribution in [0.25, 0.3) is 0 Å². The highest BCUT2D eigenvalue weighted by Crippen LogP contribution is 2.21. The predicted molar refractivity (Wildman–Crippen MR) is 138 cm³/mol. The maximum atomic E-state index is 12.5. The van der Waals surface area contributed by atoms with Gasteiger partial charge in [-0.05, 0) is 72.6 Å². The van der Waals surface area contributed by atoms with Crippen molar-refractivity contribution in [2.45, 2.75) is 45.1 Å². The van der Waals surface area contributed by atoms with Crippen LogP contribution in [0.15, 0.2) is 72.8 Å². The Bertz CT molecular complexity index is 1170. The molecular formula is C29H31NO7. The van der Waals surface area contributed by atoms with E-state index in [1.54, 1.807) is 24.3 Å². The van der Waals surface area contributed by atoms with Gasteiger partial charge in [0.05, 0.1) is 12.2 Å². The normalized spacial score (nSPS) is 11.4. The summed E-state index contributed by atoms with van der Waals surface area (Å²) in [4.78, 5) is 36.7. The van der Waals surface area contributed by atoms with Crippen LogP contribution in [-0.4, -0.2) is 34.7 Å². The van der Waals surface area contributed by atoms with E-state index < -0.39 is 23.9 Å². The first-order valence-corrected chi connectivity index (χ1v) is 12.2. The number of carbonyl (C=O) groups excluding carboxylic acids is 2. The van der Waals surface area contributed by atoms with E-state index in [4.69, 9.17) is 9.47 Å².